The highest BCUT2D eigenvalue weighted by molar-refractivity contribution is 9.11. The first-order valence-corrected chi connectivity index (χ1v) is 9.09. The summed E-state index contributed by atoms with van der Waals surface area (Å²) in [7, 11) is 0. The fourth-order valence-corrected chi connectivity index (χ4v) is 3.59. The fraction of sp³-hybridized carbons (Fsp3) is 0.625. The second kappa shape index (κ2) is 10.6. The van der Waals surface area contributed by atoms with E-state index >= 15 is 0 Å². The Balaban J connectivity index is 2.34. The molecular formula is C16H25Br2NO. The number of benzene rings is 1. The maximum absolute atomic E-state index is 5.59. The minimum absolute atomic E-state index is 0.673. The molecule has 1 N–H and O–H groups in total. The van der Waals surface area contributed by atoms with E-state index in [0.717, 1.165) is 27.8 Å². The molecule has 0 aliphatic heterocycles. The van der Waals surface area contributed by atoms with Crippen molar-refractivity contribution < 1.29 is 4.74 Å². The molecule has 0 amide bonds. The highest BCUT2D eigenvalue weighted by Gasteiger charge is 2.08. The smallest absolute Gasteiger partial charge is 0.147 e. The number of hydrogen-bond donors (Lipinski definition) is 1. The zero-order chi connectivity index (χ0) is 14.8. The summed E-state index contributed by atoms with van der Waals surface area (Å²) in [6.07, 6.45) is 6.62. The standard InChI is InChI=1S/C16H25Br2NO/c1-3-5-6-7-8-9-19-12-13-10-14(17)16(20-4-2)15(18)11-13/h10-11,19H,3-9,12H2,1-2H3. The average molecular weight is 407 g/mol. The van der Waals surface area contributed by atoms with Gasteiger partial charge in [-0.1, -0.05) is 32.6 Å². The Morgan fingerprint density at radius 1 is 1.00 bits per heavy atom. The van der Waals surface area contributed by atoms with Crippen molar-refractivity contribution in [1.82, 2.24) is 5.32 Å². The summed E-state index contributed by atoms with van der Waals surface area (Å²) < 4.78 is 7.60. The molecule has 0 fully saturated rings. The highest BCUT2D eigenvalue weighted by Crippen LogP contribution is 2.34. The van der Waals surface area contributed by atoms with Gasteiger partial charge in [0.2, 0.25) is 0 Å². The van der Waals surface area contributed by atoms with Gasteiger partial charge in [0.15, 0.2) is 0 Å². The second-order valence-electron chi connectivity index (χ2n) is 4.91. The third-order valence-electron chi connectivity index (χ3n) is 3.13. The predicted molar refractivity (Wildman–Crippen MR) is 93.5 cm³/mol. The molecule has 0 saturated heterocycles. The fourth-order valence-electron chi connectivity index (χ4n) is 2.08. The molecule has 20 heavy (non-hydrogen) atoms. The molecule has 0 aliphatic carbocycles. The Morgan fingerprint density at radius 2 is 1.65 bits per heavy atom. The maximum atomic E-state index is 5.59. The van der Waals surface area contributed by atoms with E-state index in [0.29, 0.717) is 6.61 Å². The molecule has 114 valence electrons. The average Bonchev–Trinajstić information content (AvgIpc) is 2.42. The third-order valence-corrected chi connectivity index (χ3v) is 4.31. The first-order valence-electron chi connectivity index (χ1n) is 7.50. The summed E-state index contributed by atoms with van der Waals surface area (Å²) in [6, 6.07) is 4.25. The lowest BCUT2D eigenvalue weighted by molar-refractivity contribution is 0.336. The van der Waals surface area contributed by atoms with Crippen molar-refractivity contribution in [3.05, 3.63) is 26.6 Å². The molecule has 0 spiro atoms. The van der Waals surface area contributed by atoms with E-state index in [4.69, 9.17) is 4.74 Å². The van der Waals surface area contributed by atoms with Crippen molar-refractivity contribution in [3.8, 4) is 5.75 Å². The number of rotatable bonds is 10. The zero-order valence-electron chi connectivity index (χ0n) is 12.5. The molecule has 0 heterocycles. The van der Waals surface area contributed by atoms with E-state index in [1.165, 1.54) is 37.7 Å². The number of halogens is 2. The number of unbranched alkanes of at least 4 members (excludes halogenated alkanes) is 4. The van der Waals surface area contributed by atoms with Crippen LogP contribution in [0, 0.1) is 0 Å². The van der Waals surface area contributed by atoms with Gasteiger partial charge in [-0.05, 0) is 69.4 Å². The van der Waals surface area contributed by atoms with Gasteiger partial charge in [-0.3, -0.25) is 0 Å². The zero-order valence-corrected chi connectivity index (χ0v) is 15.6. The van der Waals surface area contributed by atoms with Crippen LogP contribution in [-0.2, 0) is 6.54 Å². The Hall–Kier alpha value is -0.0600. The van der Waals surface area contributed by atoms with E-state index in [2.05, 4.69) is 56.2 Å². The van der Waals surface area contributed by atoms with Crippen LogP contribution in [0.3, 0.4) is 0 Å². The minimum Gasteiger partial charge on any atom is -0.492 e. The summed E-state index contributed by atoms with van der Waals surface area (Å²) in [5.74, 6) is 0.885. The number of hydrogen-bond acceptors (Lipinski definition) is 2. The molecule has 0 unspecified atom stereocenters. The molecule has 0 aromatic heterocycles. The van der Waals surface area contributed by atoms with Gasteiger partial charge in [0.1, 0.15) is 5.75 Å². The predicted octanol–water partition coefficient (Wildman–Crippen LogP) is 5.67. The van der Waals surface area contributed by atoms with Crippen molar-refractivity contribution in [3.63, 3.8) is 0 Å². The molecular weight excluding hydrogens is 382 g/mol. The van der Waals surface area contributed by atoms with E-state index in [-0.39, 0.29) is 0 Å². The molecule has 1 rings (SSSR count). The van der Waals surface area contributed by atoms with Gasteiger partial charge in [0.25, 0.3) is 0 Å². The lowest BCUT2D eigenvalue weighted by Crippen LogP contribution is -2.14. The molecule has 0 aliphatic rings. The van der Waals surface area contributed by atoms with Gasteiger partial charge in [-0.2, -0.15) is 0 Å². The molecule has 0 atom stereocenters. The first kappa shape index (κ1) is 18.0. The number of ether oxygens (including phenoxy) is 1. The lowest BCUT2D eigenvalue weighted by Gasteiger charge is -2.11. The van der Waals surface area contributed by atoms with Gasteiger partial charge in [0.05, 0.1) is 15.6 Å². The quantitative estimate of drug-likeness (QED) is 0.505. The van der Waals surface area contributed by atoms with Crippen molar-refractivity contribution >= 4 is 31.9 Å². The van der Waals surface area contributed by atoms with Crippen LogP contribution in [0.4, 0.5) is 0 Å². The highest BCUT2D eigenvalue weighted by atomic mass is 79.9. The summed E-state index contributed by atoms with van der Waals surface area (Å²) >= 11 is 7.13. The van der Waals surface area contributed by atoms with Crippen LogP contribution in [-0.4, -0.2) is 13.2 Å². The van der Waals surface area contributed by atoms with Gasteiger partial charge < -0.3 is 10.1 Å². The molecule has 0 saturated carbocycles. The Kier molecular flexibility index (Phi) is 9.57. The monoisotopic (exact) mass is 405 g/mol. The molecule has 1 aromatic rings. The van der Waals surface area contributed by atoms with Crippen molar-refractivity contribution in [1.29, 1.82) is 0 Å². The lowest BCUT2D eigenvalue weighted by atomic mass is 10.1. The van der Waals surface area contributed by atoms with Crippen molar-refractivity contribution in [2.24, 2.45) is 0 Å². The van der Waals surface area contributed by atoms with E-state index < -0.39 is 0 Å². The second-order valence-corrected chi connectivity index (χ2v) is 6.62. The van der Waals surface area contributed by atoms with E-state index in [9.17, 15) is 0 Å². The summed E-state index contributed by atoms with van der Waals surface area (Å²) in [5.41, 5.74) is 1.26. The summed E-state index contributed by atoms with van der Waals surface area (Å²) in [6.45, 7) is 6.91. The van der Waals surface area contributed by atoms with Crippen molar-refractivity contribution in [2.75, 3.05) is 13.2 Å². The van der Waals surface area contributed by atoms with Gasteiger partial charge in [-0.25, -0.2) is 0 Å². The van der Waals surface area contributed by atoms with Crippen LogP contribution >= 0.6 is 31.9 Å². The van der Waals surface area contributed by atoms with Gasteiger partial charge in [-0.15, -0.1) is 0 Å². The van der Waals surface area contributed by atoms with Crippen LogP contribution < -0.4 is 10.1 Å². The van der Waals surface area contributed by atoms with Crippen LogP contribution in [0.25, 0.3) is 0 Å². The minimum atomic E-state index is 0.673. The SMILES string of the molecule is CCCCCCCNCc1cc(Br)c(OCC)c(Br)c1. The van der Waals surface area contributed by atoms with Gasteiger partial charge in [0, 0.05) is 6.54 Å². The van der Waals surface area contributed by atoms with Crippen LogP contribution in [0.15, 0.2) is 21.1 Å². The molecule has 1 aromatic carbocycles. The maximum Gasteiger partial charge on any atom is 0.147 e. The molecule has 0 radical (unpaired) electrons. The van der Waals surface area contributed by atoms with Crippen LogP contribution in [0.2, 0.25) is 0 Å². The Labute approximate surface area is 139 Å². The van der Waals surface area contributed by atoms with E-state index in [1.807, 2.05) is 6.92 Å². The number of nitrogens with one attached hydrogen (secondary N) is 1. The molecule has 4 heteroatoms. The molecule has 2 nitrogen and oxygen atoms in total. The summed E-state index contributed by atoms with van der Waals surface area (Å²) in [5, 5.41) is 3.50. The third kappa shape index (κ3) is 6.59. The van der Waals surface area contributed by atoms with Gasteiger partial charge >= 0.3 is 0 Å². The van der Waals surface area contributed by atoms with Crippen molar-refractivity contribution in [2.45, 2.75) is 52.5 Å². The molecule has 0 bridgehead atoms. The summed E-state index contributed by atoms with van der Waals surface area (Å²) in [4.78, 5) is 0. The first-order chi connectivity index (χ1) is 9.69. The Bertz CT molecular complexity index is 373. The van der Waals surface area contributed by atoms with E-state index in [1.54, 1.807) is 0 Å². The largest absolute Gasteiger partial charge is 0.492 e. The topological polar surface area (TPSA) is 21.3 Å². The Morgan fingerprint density at radius 3 is 2.25 bits per heavy atom. The normalized spacial score (nSPS) is 10.8. The van der Waals surface area contributed by atoms with Crippen LogP contribution in [0.1, 0.15) is 51.5 Å². The van der Waals surface area contributed by atoms with Crippen LogP contribution in [0.5, 0.6) is 5.75 Å².